The summed E-state index contributed by atoms with van der Waals surface area (Å²) in [4.78, 5) is 40.6. The maximum Gasteiger partial charge on any atom is 0.247 e. The fraction of sp³-hybridized carbons (Fsp3) is 0.625. The Balaban J connectivity index is 2.15. The van der Waals surface area contributed by atoms with Crippen molar-refractivity contribution >= 4 is 17.7 Å². The van der Waals surface area contributed by atoms with E-state index >= 15 is 0 Å². The number of hydroxylamine groups is 1. The van der Waals surface area contributed by atoms with E-state index in [1.807, 2.05) is 56.0 Å². The second kappa shape index (κ2) is 12.4. The molecule has 3 amide bonds. The molecule has 172 valence electrons. The van der Waals surface area contributed by atoms with Gasteiger partial charge in [0, 0.05) is 19.0 Å². The average Bonchev–Trinajstić information content (AvgIpc) is 2.92. The molecule has 0 aromatic heterocycles. The second-order valence-electron chi connectivity index (χ2n) is 8.91. The van der Waals surface area contributed by atoms with Crippen LogP contribution in [0.2, 0.25) is 0 Å². The predicted octanol–water partition coefficient (Wildman–Crippen LogP) is 3.27. The lowest BCUT2D eigenvalue weighted by atomic mass is 9.81. The average molecular weight is 432 g/mol. The van der Waals surface area contributed by atoms with Crippen LogP contribution in [0.5, 0.6) is 0 Å². The molecule has 2 rings (SSSR count). The number of nitrogens with one attached hydrogen (secondary N) is 2. The van der Waals surface area contributed by atoms with Crippen LogP contribution in [-0.4, -0.2) is 40.4 Å². The molecule has 31 heavy (non-hydrogen) atoms. The van der Waals surface area contributed by atoms with Crippen LogP contribution in [0.25, 0.3) is 0 Å². The van der Waals surface area contributed by atoms with Gasteiger partial charge < -0.3 is 10.2 Å². The summed E-state index contributed by atoms with van der Waals surface area (Å²) in [6.07, 6.45) is 4.06. The molecule has 0 bridgehead atoms. The topological polar surface area (TPSA) is 98.7 Å². The number of likely N-dealkylation sites (tertiary alicyclic amines) is 1. The Labute approximate surface area is 185 Å². The van der Waals surface area contributed by atoms with Crippen molar-refractivity contribution in [3.63, 3.8) is 0 Å². The van der Waals surface area contributed by atoms with E-state index in [2.05, 4.69) is 5.32 Å². The lowest BCUT2D eigenvalue weighted by Crippen LogP contribution is -2.51. The molecule has 0 unspecified atom stereocenters. The predicted molar refractivity (Wildman–Crippen MR) is 119 cm³/mol. The number of carbonyl (C=O) groups excluding carboxylic acids is 3. The number of rotatable bonds is 10. The number of hydrogen-bond acceptors (Lipinski definition) is 4. The van der Waals surface area contributed by atoms with Gasteiger partial charge in [0.25, 0.3) is 0 Å². The van der Waals surface area contributed by atoms with Gasteiger partial charge in [0.1, 0.15) is 6.04 Å². The molecule has 0 radical (unpaired) electrons. The number of benzene rings is 1. The molecule has 7 heteroatoms. The molecule has 0 aliphatic carbocycles. The summed E-state index contributed by atoms with van der Waals surface area (Å²) in [7, 11) is 0. The largest absolute Gasteiger partial charge is 0.344 e. The number of amides is 3. The van der Waals surface area contributed by atoms with Crippen molar-refractivity contribution in [2.24, 2.45) is 17.8 Å². The van der Waals surface area contributed by atoms with E-state index in [4.69, 9.17) is 0 Å². The third kappa shape index (κ3) is 7.35. The smallest absolute Gasteiger partial charge is 0.247 e. The minimum atomic E-state index is -0.626. The molecule has 1 fully saturated rings. The molecule has 0 spiro atoms. The van der Waals surface area contributed by atoms with E-state index in [1.54, 1.807) is 5.48 Å². The Morgan fingerprint density at radius 1 is 1.13 bits per heavy atom. The van der Waals surface area contributed by atoms with Crippen LogP contribution in [0, 0.1) is 17.8 Å². The van der Waals surface area contributed by atoms with Gasteiger partial charge in [-0.2, -0.15) is 0 Å². The molecule has 7 nitrogen and oxygen atoms in total. The van der Waals surface area contributed by atoms with Crippen molar-refractivity contribution in [1.29, 1.82) is 0 Å². The standard InChI is InChI=1S/C24H37N3O4/c1-4-10-19(23(29)26-31)20(15-17(2)3)22(28)25-21-13-8-9-14-27(24(21)30)16-18-11-6-5-7-12-18/h5-7,11-12,17,19-21,31H,4,8-10,13-16H2,1-3H3,(H,25,28)(H,26,29)/t19-,20+,21-/m0/s1. The van der Waals surface area contributed by atoms with Gasteiger partial charge in [-0.1, -0.05) is 57.5 Å². The summed E-state index contributed by atoms with van der Waals surface area (Å²) in [5, 5.41) is 12.1. The first-order chi connectivity index (χ1) is 14.9. The summed E-state index contributed by atoms with van der Waals surface area (Å²) < 4.78 is 0. The van der Waals surface area contributed by atoms with Crippen LogP contribution in [-0.2, 0) is 20.9 Å². The van der Waals surface area contributed by atoms with E-state index in [-0.39, 0.29) is 17.7 Å². The molecule has 1 aliphatic rings. The van der Waals surface area contributed by atoms with Crippen molar-refractivity contribution in [2.45, 2.75) is 71.9 Å². The summed E-state index contributed by atoms with van der Waals surface area (Å²) in [5.74, 6) is -1.92. The van der Waals surface area contributed by atoms with E-state index in [0.29, 0.717) is 38.8 Å². The third-order valence-electron chi connectivity index (χ3n) is 5.91. The van der Waals surface area contributed by atoms with Crippen molar-refractivity contribution in [3.8, 4) is 0 Å². The van der Waals surface area contributed by atoms with E-state index in [0.717, 1.165) is 18.4 Å². The first-order valence-electron chi connectivity index (χ1n) is 11.4. The maximum atomic E-state index is 13.3. The highest BCUT2D eigenvalue weighted by atomic mass is 16.5. The fourth-order valence-electron chi connectivity index (χ4n) is 4.35. The molecule has 1 aliphatic heterocycles. The Kier molecular flexibility index (Phi) is 9.98. The molecule has 3 atom stereocenters. The molecule has 1 aromatic carbocycles. The summed E-state index contributed by atoms with van der Waals surface area (Å²) in [6.45, 7) is 7.13. The molecule has 0 saturated carbocycles. The van der Waals surface area contributed by atoms with Gasteiger partial charge in [0.2, 0.25) is 17.7 Å². The monoisotopic (exact) mass is 431 g/mol. The van der Waals surface area contributed by atoms with E-state index in [1.165, 1.54) is 0 Å². The lowest BCUT2D eigenvalue weighted by molar-refractivity contribution is -0.143. The van der Waals surface area contributed by atoms with E-state index < -0.39 is 23.8 Å². The highest BCUT2D eigenvalue weighted by Gasteiger charge is 2.36. The minimum Gasteiger partial charge on any atom is -0.344 e. The third-order valence-corrected chi connectivity index (χ3v) is 5.91. The lowest BCUT2D eigenvalue weighted by Gasteiger charge is -2.29. The van der Waals surface area contributed by atoms with Crippen LogP contribution in [0.3, 0.4) is 0 Å². The zero-order valence-corrected chi connectivity index (χ0v) is 19.0. The Bertz CT molecular complexity index is 723. The molecule has 3 N–H and O–H groups in total. The van der Waals surface area contributed by atoms with Crippen molar-refractivity contribution in [2.75, 3.05) is 6.54 Å². The summed E-state index contributed by atoms with van der Waals surface area (Å²) >= 11 is 0. The van der Waals surface area contributed by atoms with Crippen LogP contribution >= 0.6 is 0 Å². The summed E-state index contributed by atoms with van der Waals surface area (Å²) in [6, 6.07) is 9.25. The van der Waals surface area contributed by atoms with Crippen molar-refractivity contribution in [1.82, 2.24) is 15.7 Å². The zero-order valence-electron chi connectivity index (χ0n) is 19.0. The highest BCUT2D eigenvalue weighted by Crippen LogP contribution is 2.26. The molecular weight excluding hydrogens is 394 g/mol. The normalized spacial score (nSPS) is 18.9. The van der Waals surface area contributed by atoms with Crippen molar-refractivity contribution < 1.29 is 19.6 Å². The Morgan fingerprint density at radius 3 is 2.45 bits per heavy atom. The van der Waals surface area contributed by atoms with Gasteiger partial charge in [-0.25, -0.2) is 5.48 Å². The van der Waals surface area contributed by atoms with Gasteiger partial charge in [-0.15, -0.1) is 0 Å². The second-order valence-corrected chi connectivity index (χ2v) is 8.91. The number of nitrogens with zero attached hydrogens (tertiary/aromatic N) is 1. The zero-order chi connectivity index (χ0) is 22.8. The van der Waals surface area contributed by atoms with Gasteiger partial charge in [-0.3, -0.25) is 19.6 Å². The van der Waals surface area contributed by atoms with Crippen LogP contribution in [0.15, 0.2) is 30.3 Å². The number of hydrogen-bond donors (Lipinski definition) is 3. The van der Waals surface area contributed by atoms with Crippen molar-refractivity contribution in [3.05, 3.63) is 35.9 Å². The quantitative estimate of drug-likeness (QED) is 0.391. The fourth-order valence-corrected chi connectivity index (χ4v) is 4.35. The van der Waals surface area contributed by atoms with Gasteiger partial charge in [0.15, 0.2) is 0 Å². The minimum absolute atomic E-state index is 0.0725. The van der Waals surface area contributed by atoms with Gasteiger partial charge in [0.05, 0.1) is 5.92 Å². The Hall–Kier alpha value is -2.41. The Morgan fingerprint density at radius 2 is 1.84 bits per heavy atom. The molecule has 1 aromatic rings. The molecular formula is C24H37N3O4. The van der Waals surface area contributed by atoms with Crippen LogP contribution < -0.4 is 10.8 Å². The first kappa shape index (κ1) is 24.9. The molecule has 1 heterocycles. The molecule has 1 saturated heterocycles. The highest BCUT2D eigenvalue weighted by molar-refractivity contribution is 5.91. The van der Waals surface area contributed by atoms with Gasteiger partial charge >= 0.3 is 0 Å². The van der Waals surface area contributed by atoms with E-state index in [9.17, 15) is 19.6 Å². The number of carbonyl (C=O) groups is 3. The van der Waals surface area contributed by atoms with Crippen LogP contribution in [0.4, 0.5) is 0 Å². The van der Waals surface area contributed by atoms with Gasteiger partial charge in [-0.05, 0) is 43.6 Å². The van der Waals surface area contributed by atoms with Crippen LogP contribution in [0.1, 0.15) is 64.9 Å². The SMILES string of the molecule is CCC[C@H](C(=O)NO)[C@@H](CC(C)C)C(=O)N[C@H]1CCCCN(Cc2ccccc2)C1=O. The maximum absolute atomic E-state index is 13.3. The summed E-state index contributed by atoms with van der Waals surface area (Å²) in [5.41, 5.74) is 2.78. The first-order valence-corrected chi connectivity index (χ1v) is 11.4.